The predicted molar refractivity (Wildman–Crippen MR) is 63.4 cm³/mol. The van der Waals surface area contributed by atoms with Crippen LogP contribution in [0.15, 0.2) is 18.3 Å². The van der Waals surface area contributed by atoms with E-state index in [9.17, 15) is 4.79 Å². The van der Waals surface area contributed by atoms with Crippen molar-refractivity contribution >= 4 is 5.91 Å². The molecule has 4 heteroatoms. The van der Waals surface area contributed by atoms with Gasteiger partial charge in [0.15, 0.2) is 0 Å². The van der Waals surface area contributed by atoms with Crippen LogP contribution in [-0.2, 0) is 0 Å². The fourth-order valence-corrected chi connectivity index (χ4v) is 2.21. The molecule has 4 nitrogen and oxygen atoms in total. The maximum atomic E-state index is 12.1. The van der Waals surface area contributed by atoms with Crippen LogP contribution in [0.1, 0.15) is 29.8 Å². The second-order valence-corrected chi connectivity index (χ2v) is 4.33. The van der Waals surface area contributed by atoms with Gasteiger partial charge in [-0.3, -0.25) is 4.79 Å². The zero-order chi connectivity index (χ0) is 11.4. The molecular formula is C12H19N3O. The molecule has 2 N–H and O–H groups in total. The first-order chi connectivity index (χ1) is 7.79. The van der Waals surface area contributed by atoms with Gasteiger partial charge in [-0.2, -0.15) is 0 Å². The molecule has 1 aliphatic rings. The molecule has 16 heavy (non-hydrogen) atoms. The smallest absolute Gasteiger partial charge is 0.270 e. The van der Waals surface area contributed by atoms with Crippen molar-refractivity contribution in [1.82, 2.24) is 15.2 Å². The number of H-pyrrole nitrogens is 1. The van der Waals surface area contributed by atoms with E-state index in [-0.39, 0.29) is 5.91 Å². The first-order valence-corrected chi connectivity index (χ1v) is 5.90. The van der Waals surface area contributed by atoms with Gasteiger partial charge in [0.05, 0.1) is 0 Å². The highest BCUT2D eigenvalue weighted by atomic mass is 16.2. The lowest BCUT2D eigenvalue weighted by Gasteiger charge is -2.26. The Bertz CT molecular complexity index is 326. The van der Waals surface area contributed by atoms with Crippen molar-refractivity contribution in [1.29, 1.82) is 0 Å². The molecule has 0 aromatic carbocycles. The van der Waals surface area contributed by atoms with Crippen molar-refractivity contribution < 1.29 is 4.79 Å². The maximum absolute atomic E-state index is 12.1. The van der Waals surface area contributed by atoms with E-state index in [1.54, 1.807) is 6.20 Å². The molecule has 0 bridgehead atoms. The van der Waals surface area contributed by atoms with Crippen molar-refractivity contribution in [2.75, 3.05) is 20.1 Å². The van der Waals surface area contributed by atoms with Gasteiger partial charge in [0.1, 0.15) is 5.69 Å². The highest BCUT2D eigenvalue weighted by Gasteiger charge is 2.22. The molecule has 1 atom stereocenters. The Morgan fingerprint density at radius 2 is 2.31 bits per heavy atom. The molecule has 2 heterocycles. The van der Waals surface area contributed by atoms with Crippen LogP contribution in [0.25, 0.3) is 0 Å². The number of aromatic amines is 1. The van der Waals surface area contributed by atoms with Gasteiger partial charge in [0.2, 0.25) is 0 Å². The zero-order valence-electron chi connectivity index (χ0n) is 9.70. The summed E-state index contributed by atoms with van der Waals surface area (Å²) in [6, 6.07) is 4.05. The summed E-state index contributed by atoms with van der Waals surface area (Å²) in [6.45, 7) is 2.08. The molecule has 1 aliphatic heterocycles. The van der Waals surface area contributed by atoms with Crippen LogP contribution in [0.2, 0.25) is 0 Å². The number of rotatable bonds is 2. The quantitative estimate of drug-likeness (QED) is 0.789. The van der Waals surface area contributed by atoms with Crippen molar-refractivity contribution in [2.24, 2.45) is 0 Å². The number of amides is 1. The molecule has 0 aliphatic carbocycles. The van der Waals surface area contributed by atoms with E-state index >= 15 is 0 Å². The third-order valence-electron chi connectivity index (χ3n) is 3.24. The minimum Gasteiger partial charge on any atom is -0.357 e. The predicted octanol–water partition coefficient (Wildman–Crippen LogP) is 1.23. The Kier molecular flexibility index (Phi) is 3.62. The summed E-state index contributed by atoms with van der Waals surface area (Å²) in [6.07, 6.45) is 5.07. The van der Waals surface area contributed by atoms with Crippen molar-refractivity contribution in [3.05, 3.63) is 24.0 Å². The first kappa shape index (κ1) is 11.2. The van der Waals surface area contributed by atoms with Crippen LogP contribution in [0.5, 0.6) is 0 Å². The van der Waals surface area contributed by atoms with Gasteiger partial charge in [-0.1, -0.05) is 0 Å². The van der Waals surface area contributed by atoms with E-state index in [1.807, 2.05) is 24.1 Å². The highest BCUT2D eigenvalue weighted by Crippen LogP contribution is 2.14. The second kappa shape index (κ2) is 5.16. The van der Waals surface area contributed by atoms with Crippen molar-refractivity contribution in [3.63, 3.8) is 0 Å². The minimum absolute atomic E-state index is 0.0944. The third kappa shape index (κ3) is 2.44. The van der Waals surface area contributed by atoms with Crippen LogP contribution in [0.4, 0.5) is 0 Å². The lowest BCUT2D eigenvalue weighted by Crippen LogP contribution is -2.37. The summed E-state index contributed by atoms with van der Waals surface area (Å²) in [5, 5.41) is 3.36. The Morgan fingerprint density at radius 3 is 3.06 bits per heavy atom. The summed E-state index contributed by atoms with van der Waals surface area (Å²) >= 11 is 0. The number of carbonyl (C=O) groups is 1. The van der Waals surface area contributed by atoms with Crippen LogP contribution in [0, 0.1) is 0 Å². The van der Waals surface area contributed by atoms with E-state index in [4.69, 9.17) is 0 Å². The van der Waals surface area contributed by atoms with E-state index in [2.05, 4.69) is 10.3 Å². The molecule has 0 spiro atoms. The molecule has 1 aromatic heterocycles. The molecule has 1 aromatic rings. The fourth-order valence-electron chi connectivity index (χ4n) is 2.21. The topological polar surface area (TPSA) is 48.1 Å². The fraction of sp³-hybridized carbons (Fsp3) is 0.583. The van der Waals surface area contributed by atoms with Crippen LogP contribution >= 0.6 is 0 Å². The lowest BCUT2D eigenvalue weighted by molar-refractivity contribution is 0.0715. The SMILES string of the molecule is CN(C(=O)c1ccc[nH]1)C1CCCNCC1. The number of hydrogen-bond donors (Lipinski definition) is 2. The third-order valence-corrected chi connectivity index (χ3v) is 3.24. The average Bonchev–Trinajstić information content (AvgIpc) is 2.70. The summed E-state index contributed by atoms with van der Waals surface area (Å²) < 4.78 is 0. The summed E-state index contributed by atoms with van der Waals surface area (Å²) in [5.41, 5.74) is 0.680. The molecular weight excluding hydrogens is 202 g/mol. The standard InChI is InChI=1S/C12H19N3O/c1-15(10-4-2-7-13-9-6-10)12(16)11-5-3-8-14-11/h3,5,8,10,13-14H,2,4,6-7,9H2,1H3. The molecule has 2 rings (SSSR count). The van der Waals surface area contributed by atoms with Gasteiger partial charge >= 0.3 is 0 Å². The number of nitrogens with one attached hydrogen (secondary N) is 2. The maximum Gasteiger partial charge on any atom is 0.270 e. The van der Waals surface area contributed by atoms with Crippen LogP contribution < -0.4 is 5.32 Å². The molecule has 1 fully saturated rings. The monoisotopic (exact) mass is 221 g/mol. The number of nitrogens with zero attached hydrogens (tertiary/aromatic N) is 1. The van der Waals surface area contributed by atoms with E-state index in [0.29, 0.717) is 11.7 Å². The summed E-state index contributed by atoms with van der Waals surface area (Å²) in [5.74, 6) is 0.0944. The highest BCUT2D eigenvalue weighted by molar-refractivity contribution is 5.92. The van der Waals surface area contributed by atoms with Crippen LogP contribution in [-0.4, -0.2) is 42.0 Å². The second-order valence-electron chi connectivity index (χ2n) is 4.33. The van der Waals surface area contributed by atoms with E-state index in [1.165, 1.54) is 0 Å². The summed E-state index contributed by atoms with van der Waals surface area (Å²) in [4.78, 5) is 16.9. The number of aromatic nitrogens is 1. The van der Waals surface area contributed by atoms with Gasteiger partial charge in [0.25, 0.3) is 5.91 Å². The van der Waals surface area contributed by atoms with Gasteiger partial charge in [0, 0.05) is 19.3 Å². The molecule has 1 unspecified atom stereocenters. The molecule has 88 valence electrons. The number of hydrogen-bond acceptors (Lipinski definition) is 2. The Morgan fingerprint density at radius 1 is 1.44 bits per heavy atom. The molecule has 0 radical (unpaired) electrons. The normalized spacial score (nSPS) is 21.4. The summed E-state index contributed by atoms with van der Waals surface area (Å²) in [7, 11) is 1.90. The van der Waals surface area contributed by atoms with Gasteiger partial charge in [-0.25, -0.2) is 0 Å². The van der Waals surface area contributed by atoms with Crippen LogP contribution in [0.3, 0.4) is 0 Å². The van der Waals surface area contributed by atoms with E-state index in [0.717, 1.165) is 32.4 Å². The minimum atomic E-state index is 0.0944. The van der Waals surface area contributed by atoms with E-state index < -0.39 is 0 Å². The average molecular weight is 221 g/mol. The molecule has 1 saturated heterocycles. The Hall–Kier alpha value is -1.29. The Labute approximate surface area is 96.0 Å². The lowest BCUT2D eigenvalue weighted by atomic mass is 10.1. The Balaban J connectivity index is 2.00. The van der Waals surface area contributed by atoms with Crippen molar-refractivity contribution in [3.8, 4) is 0 Å². The van der Waals surface area contributed by atoms with Gasteiger partial charge in [-0.05, 0) is 44.5 Å². The van der Waals surface area contributed by atoms with Gasteiger partial charge in [-0.15, -0.1) is 0 Å². The first-order valence-electron chi connectivity index (χ1n) is 5.90. The van der Waals surface area contributed by atoms with Crippen molar-refractivity contribution in [2.45, 2.75) is 25.3 Å². The molecule has 0 saturated carbocycles. The largest absolute Gasteiger partial charge is 0.357 e. The molecule has 1 amide bonds. The van der Waals surface area contributed by atoms with Gasteiger partial charge < -0.3 is 15.2 Å². The number of carbonyl (C=O) groups excluding carboxylic acids is 1. The zero-order valence-corrected chi connectivity index (χ0v) is 9.70.